The zero-order valence-electron chi connectivity index (χ0n) is 11.9. The third kappa shape index (κ3) is 3.45. The quantitative estimate of drug-likeness (QED) is 0.686. The first kappa shape index (κ1) is 13.4. The Labute approximate surface area is 107 Å². The van der Waals surface area contributed by atoms with Crippen molar-refractivity contribution in [2.75, 3.05) is 26.7 Å². The van der Waals surface area contributed by atoms with Gasteiger partial charge in [0.25, 0.3) is 0 Å². The highest BCUT2D eigenvalue weighted by Crippen LogP contribution is 2.48. The number of nitrogens with zero attached hydrogens (tertiary/aromatic N) is 1. The molecule has 1 N–H and O–H groups in total. The van der Waals surface area contributed by atoms with E-state index in [1.807, 2.05) is 0 Å². The van der Waals surface area contributed by atoms with Crippen LogP contribution in [0.1, 0.15) is 46.0 Å². The molecule has 2 nitrogen and oxygen atoms in total. The van der Waals surface area contributed by atoms with E-state index in [1.165, 1.54) is 32.2 Å². The molecule has 0 aromatic carbocycles. The standard InChI is InChI=1S/C15H30N2/c1-4-7-16-10-12(2)17(3)11-15-9-13-5-6-14(15)8-13/h12-16H,4-11H2,1-3H3. The van der Waals surface area contributed by atoms with E-state index in [9.17, 15) is 0 Å². The molecule has 2 saturated carbocycles. The largest absolute Gasteiger partial charge is 0.315 e. The van der Waals surface area contributed by atoms with Crippen molar-refractivity contribution in [1.29, 1.82) is 0 Å². The minimum Gasteiger partial charge on any atom is -0.315 e. The van der Waals surface area contributed by atoms with Crippen LogP contribution in [0.5, 0.6) is 0 Å². The van der Waals surface area contributed by atoms with Crippen molar-refractivity contribution in [2.24, 2.45) is 17.8 Å². The van der Waals surface area contributed by atoms with E-state index < -0.39 is 0 Å². The second kappa shape index (κ2) is 6.19. The average molecular weight is 238 g/mol. The monoisotopic (exact) mass is 238 g/mol. The van der Waals surface area contributed by atoms with E-state index in [2.05, 4.69) is 31.1 Å². The molecule has 0 aromatic heterocycles. The van der Waals surface area contributed by atoms with Gasteiger partial charge in [0.05, 0.1) is 0 Å². The number of fused-ring (bicyclic) bond motifs is 2. The van der Waals surface area contributed by atoms with Gasteiger partial charge < -0.3 is 10.2 Å². The van der Waals surface area contributed by atoms with Gasteiger partial charge in [0, 0.05) is 19.1 Å². The minimum atomic E-state index is 0.681. The Hall–Kier alpha value is -0.0800. The zero-order valence-corrected chi connectivity index (χ0v) is 11.9. The summed E-state index contributed by atoms with van der Waals surface area (Å²) in [6.07, 6.45) is 7.35. The molecule has 2 heteroatoms. The van der Waals surface area contributed by atoms with Crippen LogP contribution in [-0.2, 0) is 0 Å². The van der Waals surface area contributed by atoms with Crippen LogP contribution in [0.15, 0.2) is 0 Å². The van der Waals surface area contributed by atoms with Crippen LogP contribution in [0.3, 0.4) is 0 Å². The van der Waals surface area contributed by atoms with Gasteiger partial charge in [0.1, 0.15) is 0 Å². The lowest BCUT2D eigenvalue weighted by molar-refractivity contribution is 0.178. The molecule has 2 rings (SSSR count). The van der Waals surface area contributed by atoms with Crippen LogP contribution in [-0.4, -0.2) is 37.6 Å². The van der Waals surface area contributed by atoms with Crippen molar-refractivity contribution in [3.63, 3.8) is 0 Å². The van der Waals surface area contributed by atoms with Gasteiger partial charge in [-0.05, 0) is 64.0 Å². The van der Waals surface area contributed by atoms with E-state index in [0.29, 0.717) is 6.04 Å². The van der Waals surface area contributed by atoms with Gasteiger partial charge in [-0.1, -0.05) is 13.3 Å². The van der Waals surface area contributed by atoms with Gasteiger partial charge >= 0.3 is 0 Å². The first-order valence-electron chi connectivity index (χ1n) is 7.61. The van der Waals surface area contributed by atoms with Crippen LogP contribution in [0.25, 0.3) is 0 Å². The van der Waals surface area contributed by atoms with Gasteiger partial charge in [-0.25, -0.2) is 0 Å². The zero-order chi connectivity index (χ0) is 12.3. The Balaban J connectivity index is 1.67. The molecule has 17 heavy (non-hydrogen) atoms. The highest BCUT2D eigenvalue weighted by Gasteiger charge is 2.39. The molecule has 4 unspecified atom stereocenters. The Kier molecular flexibility index (Phi) is 4.87. The molecule has 0 aromatic rings. The summed E-state index contributed by atoms with van der Waals surface area (Å²) in [6.45, 7) is 8.22. The molecule has 2 fully saturated rings. The normalized spacial score (nSPS) is 33.5. The lowest BCUT2D eigenvalue weighted by Gasteiger charge is -2.31. The summed E-state index contributed by atoms with van der Waals surface area (Å²) in [5.74, 6) is 3.16. The Bertz CT molecular complexity index is 229. The summed E-state index contributed by atoms with van der Waals surface area (Å²) in [5.41, 5.74) is 0. The number of hydrogen-bond acceptors (Lipinski definition) is 2. The van der Waals surface area contributed by atoms with Crippen molar-refractivity contribution in [3.05, 3.63) is 0 Å². The average Bonchev–Trinajstić information content (AvgIpc) is 2.91. The van der Waals surface area contributed by atoms with Crippen LogP contribution < -0.4 is 5.32 Å². The third-order valence-corrected chi connectivity index (χ3v) is 5.03. The van der Waals surface area contributed by atoms with Gasteiger partial charge in [-0.2, -0.15) is 0 Å². The topological polar surface area (TPSA) is 15.3 Å². The predicted molar refractivity (Wildman–Crippen MR) is 74.2 cm³/mol. The summed E-state index contributed by atoms with van der Waals surface area (Å²) < 4.78 is 0. The fourth-order valence-electron chi connectivity index (χ4n) is 3.79. The molecule has 4 atom stereocenters. The lowest BCUT2D eigenvalue weighted by atomic mass is 9.88. The maximum atomic E-state index is 3.53. The molecule has 0 radical (unpaired) electrons. The van der Waals surface area contributed by atoms with Gasteiger partial charge in [-0.15, -0.1) is 0 Å². The highest BCUT2D eigenvalue weighted by atomic mass is 15.1. The van der Waals surface area contributed by atoms with Crippen molar-refractivity contribution < 1.29 is 0 Å². The molecule has 2 aliphatic carbocycles. The van der Waals surface area contributed by atoms with E-state index in [4.69, 9.17) is 0 Å². The molecule has 100 valence electrons. The van der Waals surface area contributed by atoms with Crippen LogP contribution in [0.4, 0.5) is 0 Å². The van der Waals surface area contributed by atoms with Crippen molar-refractivity contribution >= 4 is 0 Å². The predicted octanol–water partition coefficient (Wildman–Crippen LogP) is 2.74. The first-order valence-corrected chi connectivity index (χ1v) is 7.61. The highest BCUT2D eigenvalue weighted by molar-refractivity contribution is 4.91. The van der Waals surface area contributed by atoms with Crippen molar-refractivity contribution in [2.45, 2.75) is 52.0 Å². The fourth-order valence-corrected chi connectivity index (χ4v) is 3.79. The van der Waals surface area contributed by atoms with Crippen LogP contribution >= 0.6 is 0 Å². The Morgan fingerprint density at radius 3 is 2.71 bits per heavy atom. The lowest BCUT2D eigenvalue weighted by Crippen LogP contribution is -2.41. The molecule has 2 bridgehead atoms. The summed E-state index contributed by atoms with van der Waals surface area (Å²) in [4.78, 5) is 2.58. The van der Waals surface area contributed by atoms with E-state index in [0.717, 1.165) is 30.8 Å². The van der Waals surface area contributed by atoms with Crippen molar-refractivity contribution in [3.8, 4) is 0 Å². The molecule has 0 saturated heterocycles. The Morgan fingerprint density at radius 1 is 1.29 bits per heavy atom. The van der Waals surface area contributed by atoms with Crippen LogP contribution in [0, 0.1) is 17.8 Å². The Morgan fingerprint density at radius 2 is 2.12 bits per heavy atom. The molecule has 0 aliphatic heterocycles. The number of rotatable bonds is 7. The maximum absolute atomic E-state index is 3.53. The van der Waals surface area contributed by atoms with E-state index in [-0.39, 0.29) is 0 Å². The van der Waals surface area contributed by atoms with E-state index in [1.54, 1.807) is 6.42 Å². The van der Waals surface area contributed by atoms with Gasteiger partial charge in [0.15, 0.2) is 0 Å². The SMILES string of the molecule is CCCNCC(C)N(C)CC1CC2CCC1C2. The number of hydrogen-bond donors (Lipinski definition) is 1. The second-order valence-corrected chi connectivity index (χ2v) is 6.43. The summed E-state index contributed by atoms with van der Waals surface area (Å²) >= 11 is 0. The third-order valence-electron chi connectivity index (χ3n) is 5.03. The smallest absolute Gasteiger partial charge is 0.0189 e. The fraction of sp³-hybridized carbons (Fsp3) is 1.00. The molecule has 0 spiro atoms. The molecule has 0 heterocycles. The van der Waals surface area contributed by atoms with Gasteiger partial charge in [0.2, 0.25) is 0 Å². The summed E-state index contributed by atoms with van der Waals surface area (Å²) in [7, 11) is 2.31. The first-order chi connectivity index (χ1) is 8.20. The van der Waals surface area contributed by atoms with Crippen LogP contribution in [0.2, 0.25) is 0 Å². The molecular formula is C15H30N2. The van der Waals surface area contributed by atoms with Gasteiger partial charge in [-0.3, -0.25) is 0 Å². The minimum absolute atomic E-state index is 0.681. The molecule has 2 aliphatic rings. The maximum Gasteiger partial charge on any atom is 0.0189 e. The number of nitrogens with one attached hydrogen (secondary N) is 1. The molecule has 0 amide bonds. The van der Waals surface area contributed by atoms with E-state index >= 15 is 0 Å². The molecular weight excluding hydrogens is 208 g/mol. The summed E-state index contributed by atoms with van der Waals surface area (Å²) in [5, 5.41) is 3.53. The summed E-state index contributed by atoms with van der Waals surface area (Å²) in [6, 6.07) is 0.681. The number of likely N-dealkylation sites (N-methyl/N-ethyl adjacent to an activating group) is 1. The van der Waals surface area contributed by atoms with Crippen molar-refractivity contribution in [1.82, 2.24) is 10.2 Å². The second-order valence-electron chi connectivity index (χ2n) is 6.43.